The summed E-state index contributed by atoms with van der Waals surface area (Å²) in [6.45, 7) is 3.62. The summed E-state index contributed by atoms with van der Waals surface area (Å²) in [6.07, 6.45) is 0.770. The van der Waals surface area contributed by atoms with Crippen LogP contribution in [0.2, 0.25) is 0 Å². The van der Waals surface area contributed by atoms with E-state index >= 15 is 0 Å². The number of halogens is 1. The van der Waals surface area contributed by atoms with Crippen LogP contribution in [0.4, 0.5) is 0 Å². The number of nitrogens with zero attached hydrogens (tertiary/aromatic N) is 1. The van der Waals surface area contributed by atoms with Crippen LogP contribution in [0.3, 0.4) is 0 Å². The van der Waals surface area contributed by atoms with Gasteiger partial charge in [-0.25, -0.2) is 8.42 Å². The molecule has 3 aliphatic rings. The first-order valence-corrected chi connectivity index (χ1v) is 9.45. The average Bonchev–Trinajstić information content (AvgIpc) is 3.11. The Morgan fingerprint density at radius 2 is 1.95 bits per heavy atom. The fourth-order valence-corrected chi connectivity index (χ4v) is 5.99. The summed E-state index contributed by atoms with van der Waals surface area (Å²) in [5.74, 6) is 1.44. The van der Waals surface area contributed by atoms with Gasteiger partial charge in [-0.1, -0.05) is 15.9 Å². The first kappa shape index (κ1) is 14.0. The molecule has 5 nitrogen and oxygen atoms in total. The maximum Gasteiger partial charge on any atom is 0.246 e. The number of sulfonamides is 1. The summed E-state index contributed by atoms with van der Waals surface area (Å²) >= 11 is 3.42. The van der Waals surface area contributed by atoms with Crippen LogP contribution >= 0.6 is 15.9 Å². The molecule has 0 amide bonds. The second-order valence-electron chi connectivity index (χ2n) is 5.99. The van der Waals surface area contributed by atoms with Crippen LogP contribution in [-0.2, 0) is 16.4 Å². The van der Waals surface area contributed by atoms with E-state index in [9.17, 15) is 8.42 Å². The van der Waals surface area contributed by atoms with E-state index in [1.807, 2.05) is 6.07 Å². The zero-order valence-corrected chi connectivity index (χ0v) is 13.9. The zero-order chi connectivity index (χ0) is 14.6. The molecule has 21 heavy (non-hydrogen) atoms. The lowest BCUT2D eigenvalue weighted by Crippen LogP contribution is -2.32. The van der Waals surface area contributed by atoms with Crippen LogP contribution < -0.4 is 10.1 Å². The van der Waals surface area contributed by atoms with E-state index in [1.165, 1.54) is 0 Å². The van der Waals surface area contributed by atoms with Crippen molar-refractivity contribution in [3.05, 3.63) is 22.2 Å². The van der Waals surface area contributed by atoms with Crippen LogP contribution in [0.25, 0.3) is 0 Å². The third kappa shape index (κ3) is 2.21. The van der Waals surface area contributed by atoms with E-state index in [0.717, 1.165) is 29.5 Å². The molecule has 1 aromatic carbocycles. The topological polar surface area (TPSA) is 58.6 Å². The van der Waals surface area contributed by atoms with Gasteiger partial charge in [0.1, 0.15) is 10.6 Å². The second-order valence-corrected chi connectivity index (χ2v) is 8.81. The maximum atomic E-state index is 13.0. The lowest BCUT2D eigenvalue weighted by atomic mass is 10.0. The molecule has 7 heteroatoms. The molecular formula is C14H17BrN2O3S. The molecule has 0 spiro atoms. The van der Waals surface area contributed by atoms with E-state index in [2.05, 4.69) is 21.2 Å². The molecule has 3 heterocycles. The molecule has 1 aromatic rings. The SMILES string of the molecule is O=S(=O)(c1cc(Br)cc2c1OCC2)N1C[C@H]2CNC[C@H]2C1. The van der Waals surface area contributed by atoms with E-state index < -0.39 is 10.0 Å². The van der Waals surface area contributed by atoms with Crippen LogP contribution in [0.15, 0.2) is 21.5 Å². The van der Waals surface area contributed by atoms with Gasteiger partial charge >= 0.3 is 0 Å². The molecule has 2 fully saturated rings. The fraction of sp³-hybridized carbons (Fsp3) is 0.571. The van der Waals surface area contributed by atoms with E-state index in [4.69, 9.17) is 4.74 Å². The standard InChI is InChI=1S/C14H17BrN2O3S/c15-12-3-9-1-2-20-14(9)13(4-12)21(18,19)17-7-10-5-16-6-11(10)8-17/h3-4,10-11,16H,1-2,5-8H2/t10-,11+. The minimum atomic E-state index is -3.48. The van der Waals surface area contributed by atoms with Gasteiger partial charge in [0.05, 0.1) is 6.61 Å². The fourth-order valence-electron chi connectivity index (χ4n) is 3.57. The molecular weight excluding hydrogens is 356 g/mol. The largest absolute Gasteiger partial charge is 0.492 e. The van der Waals surface area contributed by atoms with Gasteiger partial charge in [0.2, 0.25) is 10.0 Å². The van der Waals surface area contributed by atoms with E-state index in [0.29, 0.717) is 42.2 Å². The monoisotopic (exact) mass is 372 g/mol. The summed E-state index contributed by atoms with van der Waals surface area (Å²) in [5, 5.41) is 3.33. The third-order valence-corrected chi connectivity index (χ3v) is 6.98. The van der Waals surface area contributed by atoms with Crippen molar-refractivity contribution >= 4 is 26.0 Å². The highest BCUT2D eigenvalue weighted by atomic mass is 79.9. The Morgan fingerprint density at radius 3 is 2.67 bits per heavy atom. The smallest absolute Gasteiger partial charge is 0.246 e. The average molecular weight is 373 g/mol. The molecule has 0 unspecified atom stereocenters. The Balaban J connectivity index is 1.73. The summed E-state index contributed by atoms with van der Waals surface area (Å²) in [7, 11) is -3.48. The molecule has 0 radical (unpaired) electrons. The first-order chi connectivity index (χ1) is 10.1. The summed E-state index contributed by atoms with van der Waals surface area (Å²) in [4.78, 5) is 0.317. The molecule has 3 aliphatic heterocycles. The summed E-state index contributed by atoms with van der Waals surface area (Å²) in [6, 6.07) is 3.62. The molecule has 0 bridgehead atoms. The zero-order valence-electron chi connectivity index (χ0n) is 11.5. The Morgan fingerprint density at radius 1 is 1.24 bits per heavy atom. The van der Waals surface area contributed by atoms with Crippen LogP contribution in [-0.4, -0.2) is 45.5 Å². The minimum Gasteiger partial charge on any atom is -0.492 e. The lowest BCUT2D eigenvalue weighted by Gasteiger charge is -2.19. The van der Waals surface area contributed by atoms with Crippen molar-refractivity contribution in [3.63, 3.8) is 0 Å². The number of rotatable bonds is 2. The van der Waals surface area contributed by atoms with Crippen molar-refractivity contribution in [3.8, 4) is 5.75 Å². The molecule has 2 atom stereocenters. The summed E-state index contributed by atoms with van der Waals surface area (Å²) < 4.78 is 34.0. The highest BCUT2D eigenvalue weighted by Crippen LogP contribution is 2.39. The number of hydrogen-bond acceptors (Lipinski definition) is 4. The minimum absolute atomic E-state index is 0.317. The predicted octanol–water partition coefficient (Wildman–Crippen LogP) is 1.22. The number of nitrogens with one attached hydrogen (secondary N) is 1. The highest BCUT2D eigenvalue weighted by molar-refractivity contribution is 9.10. The number of ether oxygens (including phenoxy) is 1. The van der Waals surface area contributed by atoms with Crippen molar-refractivity contribution < 1.29 is 13.2 Å². The van der Waals surface area contributed by atoms with Crippen molar-refractivity contribution in [1.82, 2.24) is 9.62 Å². The Kier molecular flexibility index (Phi) is 3.29. The van der Waals surface area contributed by atoms with Crippen molar-refractivity contribution in [2.75, 3.05) is 32.8 Å². The van der Waals surface area contributed by atoms with Gasteiger partial charge in [0, 0.05) is 29.5 Å². The van der Waals surface area contributed by atoms with Gasteiger partial charge in [-0.05, 0) is 37.1 Å². The Labute approximate surface area is 132 Å². The van der Waals surface area contributed by atoms with Crippen LogP contribution in [0, 0.1) is 11.8 Å². The molecule has 2 saturated heterocycles. The van der Waals surface area contributed by atoms with E-state index in [-0.39, 0.29) is 0 Å². The van der Waals surface area contributed by atoms with Crippen molar-refractivity contribution in [1.29, 1.82) is 0 Å². The second kappa shape index (κ2) is 4.94. The summed E-state index contributed by atoms with van der Waals surface area (Å²) in [5.41, 5.74) is 0.976. The van der Waals surface area contributed by atoms with Crippen molar-refractivity contribution in [2.45, 2.75) is 11.3 Å². The maximum absolute atomic E-state index is 13.0. The number of fused-ring (bicyclic) bond motifs is 2. The molecule has 4 rings (SSSR count). The quantitative estimate of drug-likeness (QED) is 0.847. The van der Waals surface area contributed by atoms with Crippen molar-refractivity contribution in [2.24, 2.45) is 11.8 Å². The highest BCUT2D eigenvalue weighted by Gasteiger charge is 2.42. The predicted molar refractivity (Wildman–Crippen MR) is 81.9 cm³/mol. The van der Waals surface area contributed by atoms with Crippen LogP contribution in [0.5, 0.6) is 5.75 Å². The number of benzene rings is 1. The van der Waals surface area contributed by atoms with E-state index in [1.54, 1.807) is 10.4 Å². The molecule has 114 valence electrons. The molecule has 0 aromatic heterocycles. The molecule has 0 saturated carbocycles. The first-order valence-electron chi connectivity index (χ1n) is 7.22. The van der Waals surface area contributed by atoms with Gasteiger partial charge in [0.15, 0.2) is 0 Å². The van der Waals surface area contributed by atoms with Gasteiger partial charge in [0.25, 0.3) is 0 Å². The molecule has 0 aliphatic carbocycles. The third-order valence-electron chi connectivity index (χ3n) is 4.69. The van der Waals surface area contributed by atoms with Crippen LogP contribution in [0.1, 0.15) is 5.56 Å². The van der Waals surface area contributed by atoms with Gasteiger partial charge in [-0.15, -0.1) is 0 Å². The van der Waals surface area contributed by atoms with Gasteiger partial charge < -0.3 is 10.1 Å². The Hall–Kier alpha value is -0.630. The van der Waals surface area contributed by atoms with Gasteiger partial charge in [-0.3, -0.25) is 0 Å². The molecule has 1 N–H and O–H groups in total. The lowest BCUT2D eigenvalue weighted by molar-refractivity contribution is 0.346. The number of hydrogen-bond donors (Lipinski definition) is 1. The Bertz CT molecular complexity index is 680. The van der Waals surface area contributed by atoms with Gasteiger partial charge in [-0.2, -0.15) is 4.31 Å². The normalized spacial score (nSPS) is 28.4.